The predicted octanol–water partition coefficient (Wildman–Crippen LogP) is 1.87. The number of hydrogen-bond acceptors (Lipinski definition) is 2. The van der Waals surface area contributed by atoms with Gasteiger partial charge in [-0.1, -0.05) is 0 Å². The van der Waals surface area contributed by atoms with E-state index in [1.165, 1.54) is 0 Å². The van der Waals surface area contributed by atoms with E-state index < -0.39 is 29.6 Å². The van der Waals surface area contributed by atoms with E-state index in [1.54, 1.807) is 0 Å². The Bertz CT molecular complexity index is 406. The second kappa shape index (κ2) is 4.07. The molecule has 0 radical (unpaired) electrons. The third-order valence-corrected chi connectivity index (χ3v) is 2.85. The van der Waals surface area contributed by atoms with Gasteiger partial charge in [0.25, 0.3) is 0 Å². The summed E-state index contributed by atoms with van der Waals surface area (Å²) in [5.74, 6) is -3.35. The van der Waals surface area contributed by atoms with Gasteiger partial charge in [-0.3, -0.25) is 0 Å². The molecule has 0 unspecified atom stereocenters. The fourth-order valence-electron chi connectivity index (χ4n) is 1.73. The largest absolute Gasteiger partial charge is 0.391 e. The molecule has 1 saturated carbocycles. The number of rotatable bonds is 3. The van der Waals surface area contributed by atoms with E-state index in [1.807, 2.05) is 0 Å². The van der Waals surface area contributed by atoms with Crippen molar-refractivity contribution in [3.63, 3.8) is 0 Å². The number of aliphatic hydroxyl groups is 1. The summed E-state index contributed by atoms with van der Waals surface area (Å²) in [5, 5.41) is 9.68. The van der Waals surface area contributed by atoms with Crippen LogP contribution in [-0.2, 0) is 0 Å². The molecule has 88 valence electrons. The highest BCUT2D eigenvalue weighted by Gasteiger charge is 2.35. The fourth-order valence-corrected chi connectivity index (χ4v) is 1.73. The molecule has 1 aromatic carbocycles. The summed E-state index contributed by atoms with van der Waals surface area (Å²) < 4.78 is 39.2. The summed E-state index contributed by atoms with van der Waals surface area (Å²) >= 11 is 0. The van der Waals surface area contributed by atoms with Gasteiger partial charge in [0.1, 0.15) is 5.82 Å². The molecule has 0 saturated heterocycles. The summed E-state index contributed by atoms with van der Waals surface area (Å²) in [5.41, 5.74) is 5.29. The molecule has 5 heteroatoms. The highest BCUT2D eigenvalue weighted by atomic mass is 19.2. The Kier molecular flexibility index (Phi) is 2.90. The van der Waals surface area contributed by atoms with E-state index in [2.05, 4.69) is 0 Å². The van der Waals surface area contributed by atoms with Crippen LogP contribution < -0.4 is 5.73 Å². The Labute approximate surface area is 90.9 Å². The van der Waals surface area contributed by atoms with Gasteiger partial charge in [-0.25, -0.2) is 13.2 Å². The van der Waals surface area contributed by atoms with E-state index in [0.717, 1.165) is 18.9 Å². The van der Waals surface area contributed by atoms with Crippen LogP contribution in [0.1, 0.15) is 24.4 Å². The lowest BCUT2D eigenvalue weighted by Gasteiger charge is -2.19. The first-order valence-corrected chi connectivity index (χ1v) is 5.09. The summed E-state index contributed by atoms with van der Waals surface area (Å²) in [7, 11) is 0. The van der Waals surface area contributed by atoms with E-state index in [0.29, 0.717) is 6.07 Å². The van der Waals surface area contributed by atoms with Gasteiger partial charge in [0.05, 0.1) is 12.1 Å². The van der Waals surface area contributed by atoms with Gasteiger partial charge in [-0.15, -0.1) is 0 Å². The molecule has 1 aliphatic rings. The molecular formula is C11H12F3NO. The van der Waals surface area contributed by atoms with Gasteiger partial charge < -0.3 is 10.8 Å². The zero-order chi connectivity index (χ0) is 11.9. The number of nitrogens with two attached hydrogens (primary N) is 1. The topological polar surface area (TPSA) is 46.2 Å². The average Bonchev–Trinajstić information content (AvgIpc) is 3.05. The molecule has 0 bridgehead atoms. The van der Waals surface area contributed by atoms with Crippen molar-refractivity contribution in [2.45, 2.75) is 25.0 Å². The summed E-state index contributed by atoms with van der Waals surface area (Å²) in [6, 6.07) is 0.196. The third kappa shape index (κ3) is 2.05. The minimum atomic E-state index is -1.28. The lowest BCUT2D eigenvalue weighted by molar-refractivity contribution is 0.120. The van der Waals surface area contributed by atoms with Crippen LogP contribution in [0.2, 0.25) is 0 Å². The molecule has 1 aromatic rings. The minimum absolute atomic E-state index is 0.0146. The second-order valence-corrected chi connectivity index (χ2v) is 4.14. The first-order valence-electron chi connectivity index (χ1n) is 5.09. The standard InChI is InChI=1S/C11H12F3NO/c12-6-3-7(9(14)8(13)4-6)10(15)11(16)5-1-2-5/h3-5,10-11,16H,1-2,15H2/t10-,11+/m1/s1. The van der Waals surface area contributed by atoms with Gasteiger partial charge >= 0.3 is 0 Å². The van der Waals surface area contributed by atoms with Crippen molar-refractivity contribution in [2.75, 3.05) is 0 Å². The highest BCUT2D eigenvalue weighted by Crippen LogP contribution is 2.37. The molecule has 3 N–H and O–H groups in total. The van der Waals surface area contributed by atoms with Crippen molar-refractivity contribution in [2.24, 2.45) is 11.7 Å². The Morgan fingerprint density at radius 2 is 1.88 bits per heavy atom. The molecule has 2 nitrogen and oxygen atoms in total. The van der Waals surface area contributed by atoms with Gasteiger partial charge in [0.2, 0.25) is 0 Å². The lowest BCUT2D eigenvalue weighted by Crippen LogP contribution is -2.29. The van der Waals surface area contributed by atoms with Crippen LogP contribution in [0.4, 0.5) is 13.2 Å². The molecule has 1 aliphatic carbocycles. The summed E-state index contributed by atoms with van der Waals surface area (Å²) in [6.45, 7) is 0. The van der Waals surface area contributed by atoms with E-state index in [9.17, 15) is 18.3 Å². The van der Waals surface area contributed by atoms with Crippen LogP contribution in [0.15, 0.2) is 12.1 Å². The molecule has 1 fully saturated rings. The van der Waals surface area contributed by atoms with Crippen molar-refractivity contribution < 1.29 is 18.3 Å². The van der Waals surface area contributed by atoms with Crippen molar-refractivity contribution in [1.29, 1.82) is 0 Å². The number of aliphatic hydroxyl groups excluding tert-OH is 1. The lowest BCUT2D eigenvalue weighted by atomic mass is 9.98. The second-order valence-electron chi connectivity index (χ2n) is 4.14. The molecule has 0 heterocycles. The van der Waals surface area contributed by atoms with Crippen LogP contribution in [0.5, 0.6) is 0 Å². The Hall–Kier alpha value is -1.07. The molecular weight excluding hydrogens is 219 g/mol. The minimum Gasteiger partial charge on any atom is -0.391 e. The third-order valence-electron chi connectivity index (χ3n) is 2.85. The number of hydrogen-bond donors (Lipinski definition) is 2. The maximum atomic E-state index is 13.3. The van der Waals surface area contributed by atoms with Crippen LogP contribution in [0.25, 0.3) is 0 Å². The van der Waals surface area contributed by atoms with Crippen LogP contribution in [0.3, 0.4) is 0 Å². The monoisotopic (exact) mass is 231 g/mol. The first kappa shape index (κ1) is 11.4. The Morgan fingerprint density at radius 1 is 1.25 bits per heavy atom. The Balaban J connectivity index is 2.31. The summed E-state index contributed by atoms with van der Waals surface area (Å²) in [4.78, 5) is 0. The molecule has 16 heavy (non-hydrogen) atoms. The zero-order valence-corrected chi connectivity index (χ0v) is 8.46. The molecule has 0 aliphatic heterocycles. The average molecular weight is 231 g/mol. The fraction of sp³-hybridized carbons (Fsp3) is 0.455. The van der Waals surface area contributed by atoms with Gasteiger partial charge in [0, 0.05) is 11.6 Å². The number of halogens is 3. The van der Waals surface area contributed by atoms with Crippen molar-refractivity contribution in [1.82, 2.24) is 0 Å². The van der Waals surface area contributed by atoms with Crippen LogP contribution in [-0.4, -0.2) is 11.2 Å². The first-order chi connectivity index (χ1) is 7.50. The predicted molar refractivity (Wildman–Crippen MR) is 52.0 cm³/mol. The van der Waals surface area contributed by atoms with Crippen LogP contribution in [0, 0.1) is 23.4 Å². The zero-order valence-electron chi connectivity index (χ0n) is 8.46. The molecule has 2 rings (SSSR count). The molecule has 0 aromatic heterocycles. The number of benzene rings is 1. The smallest absolute Gasteiger partial charge is 0.163 e. The van der Waals surface area contributed by atoms with E-state index >= 15 is 0 Å². The van der Waals surface area contributed by atoms with E-state index in [4.69, 9.17) is 5.73 Å². The maximum absolute atomic E-state index is 13.3. The van der Waals surface area contributed by atoms with E-state index in [-0.39, 0.29) is 11.5 Å². The molecule has 0 amide bonds. The molecule has 2 atom stereocenters. The van der Waals surface area contributed by atoms with Crippen LogP contribution >= 0.6 is 0 Å². The molecule has 0 spiro atoms. The summed E-state index contributed by atoms with van der Waals surface area (Å²) in [6.07, 6.45) is 0.679. The quantitative estimate of drug-likeness (QED) is 0.780. The van der Waals surface area contributed by atoms with Crippen molar-refractivity contribution in [3.8, 4) is 0 Å². The van der Waals surface area contributed by atoms with Crippen molar-refractivity contribution >= 4 is 0 Å². The SMILES string of the molecule is N[C@H](c1cc(F)cc(F)c1F)[C@@H](O)C1CC1. The van der Waals surface area contributed by atoms with Gasteiger partial charge in [-0.05, 0) is 24.8 Å². The highest BCUT2D eigenvalue weighted by molar-refractivity contribution is 5.24. The van der Waals surface area contributed by atoms with Gasteiger partial charge in [0.15, 0.2) is 11.6 Å². The Morgan fingerprint density at radius 3 is 2.44 bits per heavy atom. The normalized spacial score (nSPS) is 19.6. The van der Waals surface area contributed by atoms with Gasteiger partial charge in [-0.2, -0.15) is 0 Å². The van der Waals surface area contributed by atoms with Crippen molar-refractivity contribution in [3.05, 3.63) is 35.1 Å². The maximum Gasteiger partial charge on any atom is 0.163 e.